The molecule has 0 saturated carbocycles. The zero-order chi connectivity index (χ0) is 29.7. The molecule has 0 radical (unpaired) electrons. The number of carbonyl (C=O) groups is 2. The smallest absolute Gasteiger partial charge is 0.407 e. The van der Waals surface area contributed by atoms with Gasteiger partial charge in [0.15, 0.2) is 12.1 Å². The third kappa shape index (κ3) is 6.72. The lowest BCUT2D eigenvalue weighted by Crippen LogP contribution is -2.51. The zero-order valence-corrected chi connectivity index (χ0v) is 24.5. The van der Waals surface area contributed by atoms with Crippen LogP contribution >= 0.6 is 0 Å². The van der Waals surface area contributed by atoms with Gasteiger partial charge < -0.3 is 19.5 Å². The molecule has 2 atom stereocenters. The largest absolute Gasteiger partial charge is 0.451 e. The highest BCUT2D eigenvalue weighted by Gasteiger charge is 2.35. The first-order chi connectivity index (χ1) is 20.2. The molecule has 0 aromatic heterocycles. The van der Waals surface area contributed by atoms with Crippen molar-refractivity contribution in [3.05, 3.63) is 131 Å². The molecule has 4 aromatic rings. The number of benzene rings is 4. The summed E-state index contributed by atoms with van der Waals surface area (Å²) < 4.78 is 18.0. The average molecular weight is 564 g/mol. The lowest BCUT2D eigenvalue weighted by molar-refractivity contribution is -0.157. The number of carbonyl (C=O) groups excluding carboxylic acids is 2. The maximum Gasteiger partial charge on any atom is 0.407 e. The van der Waals surface area contributed by atoms with Gasteiger partial charge in [0, 0.05) is 5.92 Å². The van der Waals surface area contributed by atoms with Crippen molar-refractivity contribution in [2.24, 2.45) is 0 Å². The molecule has 0 heterocycles. The van der Waals surface area contributed by atoms with Crippen LogP contribution in [-0.4, -0.2) is 36.4 Å². The second kappa shape index (κ2) is 12.6. The molecule has 0 fully saturated rings. The van der Waals surface area contributed by atoms with Gasteiger partial charge in [0.1, 0.15) is 6.61 Å². The number of ether oxygens (including phenoxy) is 3. The van der Waals surface area contributed by atoms with Crippen LogP contribution in [0.25, 0.3) is 11.1 Å². The number of hydrogen-bond acceptors (Lipinski definition) is 5. The number of rotatable bonds is 9. The van der Waals surface area contributed by atoms with Crippen molar-refractivity contribution in [1.29, 1.82) is 0 Å². The van der Waals surface area contributed by atoms with Crippen molar-refractivity contribution in [2.45, 2.75) is 57.5 Å². The molecule has 216 valence electrons. The van der Waals surface area contributed by atoms with E-state index in [0.29, 0.717) is 0 Å². The van der Waals surface area contributed by atoms with E-state index in [1.54, 1.807) is 6.92 Å². The zero-order valence-electron chi connectivity index (χ0n) is 24.5. The predicted molar refractivity (Wildman–Crippen MR) is 163 cm³/mol. The van der Waals surface area contributed by atoms with Crippen molar-refractivity contribution in [1.82, 2.24) is 5.32 Å². The van der Waals surface area contributed by atoms with Gasteiger partial charge in [-0.05, 0) is 61.1 Å². The average Bonchev–Trinajstić information content (AvgIpc) is 3.31. The van der Waals surface area contributed by atoms with E-state index in [4.69, 9.17) is 14.2 Å². The van der Waals surface area contributed by atoms with Crippen LogP contribution in [0.3, 0.4) is 0 Å². The van der Waals surface area contributed by atoms with Crippen molar-refractivity contribution < 1.29 is 23.8 Å². The van der Waals surface area contributed by atoms with Gasteiger partial charge in [-0.1, -0.05) is 109 Å². The molecule has 1 N–H and O–H groups in total. The molecule has 1 aliphatic carbocycles. The Bertz CT molecular complexity index is 1430. The van der Waals surface area contributed by atoms with Crippen LogP contribution in [0.2, 0.25) is 0 Å². The Morgan fingerprint density at radius 3 is 1.71 bits per heavy atom. The molecule has 6 nitrogen and oxygen atoms in total. The third-order valence-corrected chi connectivity index (χ3v) is 7.32. The highest BCUT2D eigenvalue weighted by atomic mass is 16.6. The summed E-state index contributed by atoms with van der Waals surface area (Å²) in [5.74, 6) is -0.713. The van der Waals surface area contributed by atoms with Gasteiger partial charge in [-0.3, -0.25) is 0 Å². The molecule has 1 amide bonds. The summed E-state index contributed by atoms with van der Waals surface area (Å²) in [5, 5.41) is 2.76. The van der Waals surface area contributed by atoms with E-state index < -0.39 is 35.9 Å². The maximum atomic E-state index is 13.8. The molecule has 4 aromatic carbocycles. The lowest BCUT2D eigenvalue weighted by atomic mass is 9.98. The normalized spacial score (nSPS) is 14.0. The highest BCUT2D eigenvalue weighted by Crippen LogP contribution is 2.44. The molecule has 1 aliphatic rings. The summed E-state index contributed by atoms with van der Waals surface area (Å²) >= 11 is 0. The standard InChI is InChI=1S/C36H37NO5/c1-24(42-36(2,3)4)32(34(38)41-33(25-15-7-5-8-16-25)26-17-9-6-10-18-26)37-35(39)40-23-31-29-21-13-11-19-27(29)28-20-12-14-22-30(28)31/h5-22,24,31-33H,23H2,1-4H3,(H,37,39)/t24-,32+/m0/s1. The van der Waals surface area contributed by atoms with Gasteiger partial charge in [-0.2, -0.15) is 0 Å². The summed E-state index contributed by atoms with van der Waals surface area (Å²) in [5.41, 5.74) is 5.59. The van der Waals surface area contributed by atoms with Gasteiger partial charge in [0.2, 0.25) is 0 Å². The molecular weight excluding hydrogens is 526 g/mol. The fraction of sp³-hybridized carbons (Fsp3) is 0.278. The summed E-state index contributed by atoms with van der Waals surface area (Å²) in [7, 11) is 0. The number of esters is 1. The molecule has 6 heteroatoms. The lowest BCUT2D eigenvalue weighted by Gasteiger charge is -2.31. The number of hydrogen-bond donors (Lipinski definition) is 1. The summed E-state index contributed by atoms with van der Waals surface area (Å²) in [6.07, 6.45) is -2.06. The molecule has 0 aliphatic heterocycles. The fourth-order valence-electron chi connectivity index (χ4n) is 5.53. The van der Waals surface area contributed by atoms with Crippen LogP contribution in [0, 0.1) is 0 Å². The highest BCUT2D eigenvalue weighted by molar-refractivity contribution is 5.83. The first-order valence-electron chi connectivity index (χ1n) is 14.3. The molecule has 0 saturated heterocycles. The Hall–Kier alpha value is -4.42. The van der Waals surface area contributed by atoms with Crippen molar-refractivity contribution in [2.75, 3.05) is 6.61 Å². The van der Waals surface area contributed by atoms with Crippen LogP contribution in [-0.2, 0) is 19.0 Å². The first-order valence-corrected chi connectivity index (χ1v) is 14.3. The quantitative estimate of drug-likeness (QED) is 0.214. The van der Waals surface area contributed by atoms with Gasteiger partial charge >= 0.3 is 12.1 Å². The Morgan fingerprint density at radius 2 is 1.21 bits per heavy atom. The van der Waals surface area contributed by atoms with Gasteiger partial charge in [-0.15, -0.1) is 0 Å². The topological polar surface area (TPSA) is 73.9 Å². The molecule has 0 bridgehead atoms. The predicted octanol–water partition coefficient (Wildman–Crippen LogP) is 7.43. The Morgan fingerprint density at radius 1 is 0.738 bits per heavy atom. The molecule has 0 unspecified atom stereocenters. The Balaban J connectivity index is 1.34. The van der Waals surface area contributed by atoms with E-state index in [0.717, 1.165) is 33.4 Å². The molecule has 42 heavy (non-hydrogen) atoms. The van der Waals surface area contributed by atoms with E-state index in [-0.39, 0.29) is 12.5 Å². The molecule has 0 spiro atoms. The van der Waals surface area contributed by atoms with E-state index in [9.17, 15) is 9.59 Å². The SMILES string of the molecule is C[C@H](OC(C)(C)C)[C@@H](NC(=O)OCC1c2ccccc2-c2ccccc21)C(=O)OC(c1ccccc1)c1ccccc1. The third-order valence-electron chi connectivity index (χ3n) is 7.32. The minimum Gasteiger partial charge on any atom is -0.451 e. The summed E-state index contributed by atoms with van der Waals surface area (Å²) in [4.78, 5) is 27.0. The maximum absolute atomic E-state index is 13.8. The molecule has 5 rings (SSSR count). The van der Waals surface area contributed by atoms with Gasteiger partial charge in [-0.25, -0.2) is 9.59 Å². The first kappa shape index (κ1) is 29.1. The van der Waals surface area contributed by atoms with Crippen LogP contribution in [0.15, 0.2) is 109 Å². The van der Waals surface area contributed by atoms with E-state index in [1.807, 2.05) is 106 Å². The second-order valence-electron chi connectivity index (χ2n) is 11.5. The van der Waals surface area contributed by atoms with Gasteiger partial charge in [0.25, 0.3) is 0 Å². The number of fused-ring (bicyclic) bond motifs is 3. The molecular formula is C36H37NO5. The van der Waals surface area contributed by atoms with E-state index in [2.05, 4.69) is 29.6 Å². The number of nitrogens with one attached hydrogen (secondary N) is 1. The van der Waals surface area contributed by atoms with Crippen LogP contribution < -0.4 is 5.32 Å². The number of alkyl carbamates (subject to hydrolysis) is 1. The van der Waals surface area contributed by atoms with E-state index in [1.165, 1.54) is 0 Å². The fourth-order valence-corrected chi connectivity index (χ4v) is 5.53. The second-order valence-corrected chi connectivity index (χ2v) is 11.5. The van der Waals surface area contributed by atoms with Gasteiger partial charge in [0.05, 0.1) is 11.7 Å². The summed E-state index contributed by atoms with van der Waals surface area (Å²) in [6, 6.07) is 34.3. The number of amides is 1. The Labute approximate surface area is 247 Å². The van der Waals surface area contributed by atoms with Crippen LogP contribution in [0.4, 0.5) is 4.79 Å². The van der Waals surface area contributed by atoms with Crippen LogP contribution in [0.1, 0.15) is 62.0 Å². The van der Waals surface area contributed by atoms with Crippen molar-refractivity contribution in [3.63, 3.8) is 0 Å². The van der Waals surface area contributed by atoms with Crippen molar-refractivity contribution in [3.8, 4) is 11.1 Å². The monoisotopic (exact) mass is 563 g/mol. The minimum absolute atomic E-state index is 0.0997. The van der Waals surface area contributed by atoms with Crippen LogP contribution in [0.5, 0.6) is 0 Å². The Kier molecular flexibility index (Phi) is 8.74. The van der Waals surface area contributed by atoms with Crippen molar-refractivity contribution >= 4 is 12.1 Å². The minimum atomic E-state index is -1.10. The van der Waals surface area contributed by atoms with E-state index >= 15 is 0 Å². The summed E-state index contributed by atoms with van der Waals surface area (Å²) in [6.45, 7) is 7.58.